The van der Waals surface area contributed by atoms with Crippen LogP contribution in [0.3, 0.4) is 0 Å². The van der Waals surface area contributed by atoms with Crippen LogP contribution in [-0.2, 0) is 12.0 Å². The van der Waals surface area contributed by atoms with Crippen molar-refractivity contribution < 1.29 is 5.11 Å². The second-order valence-corrected chi connectivity index (χ2v) is 5.41. The van der Waals surface area contributed by atoms with Gasteiger partial charge in [0.25, 0.3) is 0 Å². The van der Waals surface area contributed by atoms with Gasteiger partial charge < -0.3 is 5.11 Å². The Morgan fingerprint density at radius 3 is 2.30 bits per heavy atom. The summed E-state index contributed by atoms with van der Waals surface area (Å²) in [5, 5.41) is 10.7. The maximum Gasteiger partial charge on any atom is 0.232 e. The number of hydrogen-bond acceptors (Lipinski definition) is 3. The summed E-state index contributed by atoms with van der Waals surface area (Å²) in [5.41, 5.74) is -0.906. The van der Waals surface area contributed by atoms with Gasteiger partial charge in [-0.25, -0.2) is 0 Å². The summed E-state index contributed by atoms with van der Waals surface area (Å²) in [7, 11) is 0. The van der Waals surface area contributed by atoms with E-state index in [-0.39, 0.29) is 5.56 Å². The predicted molar refractivity (Wildman–Crippen MR) is 79.7 cm³/mol. The van der Waals surface area contributed by atoms with E-state index in [4.69, 9.17) is 0 Å². The number of benzene rings is 1. The fourth-order valence-electron chi connectivity index (χ4n) is 2.65. The molecule has 0 amide bonds. The maximum atomic E-state index is 11.9. The van der Waals surface area contributed by atoms with Crippen LogP contribution in [0.4, 0.5) is 0 Å². The van der Waals surface area contributed by atoms with E-state index in [9.17, 15) is 14.7 Å². The highest BCUT2D eigenvalue weighted by Gasteiger charge is 2.36. The van der Waals surface area contributed by atoms with Gasteiger partial charge in [0.2, 0.25) is 10.9 Å². The molecule has 0 heterocycles. The van der Waals surface area contributed by atoms with Gasteiger partial charge in [-0.2, -0.15) is 0 Å². The SMILES string of the molecule is CCCCCc1c(C(C)(O)c2ccccc2)c(=O)c1=O. The average Bonchev–Trinajstić information content (AvgIpc) is 2.46. The topological polar surface area (TPSA) is 54.4 Å². The molecule has 0 aliphatic rings. The molecule has 2 aromatic rings. The molecule has 0 saturated heterocycles. The lowest BCUT2D eigenvalue weighted by Crippen LogP contribution is -2.47. The summed E-state index contributed by atoms with van der Waals surface area (Å²) in [6, 6.07) is 9.02. The molecule has 2 aromatic carbocycles. The van der Waals surface area contributed by atoms with Gasteiger partial charge in [0.05, 0.1) is 0 Å². The Morgan fingerprint density at radius 2 is 1.70 bits per heavy atom. The number of aliphatic hydroxyl groups is 1. The maximum absolute atomic E-state index is 11.9. The minimum absolute atomic E-state index is 0.282. The van der Waals surface area contributed by atoms with E-state index in [1.54, 1.807) is 19.1 Å². The van der Waals surface area contributed by atoms with Crippen molar-refractivity contribution in [3.8, 4) is 0 Å². The monoisotopic (exact) mass is 272 g/mol. The van der Waals surface area contributed by atoms with Crippen LogP contribution in [0.15, 0.2) is 39.9 Å². The first-order chi connectivity index (χ1) is 9.50. The number of unbranched alkanes of at least 4 members (excludes halogenated alkanes) is 2. The van der Waals surface area contributed by atoms with E-state index in [2.05, 4.69) is 6.92 Å². The third-order valence-corrected chi connectivity index (χ3v) is 3.86. The standard InChI is InChI=1S/C17H20O3/c1-3-4-6-11-13-14(16(19)15(13)18)17(2,20)12-9-7-5-8-10-12/h5,7-10,20H,3-4,6,11H2,1-2H3. The molecule has 0 saturated carbocycles. The molecular weight excluding hydrogens is 252 g/mol. The van der Waals surface area contributed by atoms with Crippen LogP contribution in [0.1, 0.15) is 49.8 Å². The first kappa shape index (κ1) is 14.7. The van der Waals surface area contributed by atoms with E-state index >= 15 is 0 Å². The summed E-state index contributed by atoms with van der Waals surface area (Å²) >= 11 is 0. The molecule has 1 unspecified atom stereocenters. The molecule has 0 radical (unpaired) electrons. The fraction of sp³-hybridized carbons (Fsp3) is 0.412. The highest BCUT2D eigenvalue weighted by atomic mass is 16.3. The Kier molecular flexibility index (Phi) is 4.19. The van der Waals surface area contributed by atoms with Gasteiger partial charge in [0, 0.05) is 11.1 Å². The summed E-state index contributed by atoms with van der Waals surface area (Å²) in [4.78, 5) is 23.6. The van der Waals surface area contributed by atoms with Crippen molar-refractivity contribution in [1.82, 2.24) is 0 Å². The third kappa shape index (κ3) is 2.46. The van der Waals surface area contributed by atoms with Gasteiger partial charge in [-0.1, -0.05) is 50.1 Å². The molecule has 0 aliphatic carbocycles. The molecule has 3 nitrogen and oxygen atoms in total. The predicted octanol–water partition coefficient (Wildman–Crippen LogP) is 2.27. The second kappa shape index (κ2) is 5.71. The van der Waals surface area contributed by atoms with Crippen molar-refractivity contribution in [3.05, 3.63) is 67.5 Å². The van der Waals surface area contributed by atoms with Crippen LogP contribution >= 0.6 is 0 Å². The van der Waals surface area contributed by atoms with E-state index in [1.165, 1.54) is 0 Å². The Balaban J connectivity index is 2.35. The van der Waals surface area contributed by atoms with Gasteiger partial charge >= 0.3 is 0 Å². The Morgan fingerprint density at radius 1 is 1.05 bits per heavy atom. The van der Waals surface area contributed by atoms with Crippen LogP contribution in [-0.4, -0.2) is 5.11 Å². The van der Waals surface area contributed by atoms with Crippen molar-refractivity contribution in [2.45, 2.75) is 45.1 Å². The average molecular weight is 272 g/mol. The lowest BCUT2D eigenvalue weighted by atomic mass is 9.80. The zero-order valence-corrected chi connectivity index (χ0v) is 12.0. The molecule has 0 fully saturated rings. The summed E-state index contributed by atoms with van der Waals surface area (Å²) in [6.45, 7) is 3.67. The molecule has 106 valence electrons. The quantitative estimate of drug-likeness (QED) is 0.648. The molecule has 3 heteroatoms. The number of hydrogen-bond donors (Lipinski definition) is 1. The molecule has 0 spiro atoms. The van der Waals surface area contributed by atoms with Crippen LogP contribution in [0.2, 0.25) is 0 Å². The molecule has 1 atom stereocenters. The molecule has 20 heavy (non-hydrogen) atoms. The zero-order chi connectivity index (χ0) is 14.8. The van der Waals surface area contributed by atoms with E-state index in [0.717, 1.165) is 19.3 Å². The first-order valence-electron chi connectivity index (χ1n) is 7.10. The smallest absolute Gasteiger partial charge is 0.232 e. The van der Waals surface area contributed by atoms with E-state index in [1.807, 2.05) is 18.2 Å². The zero-order valence-electron chi connectivity index (χ0n) is 12.0. The third-order valence-electron chi connectivity index (χ3n) is 3.86. The van der Waals surface area contributed by atoms with Gasteiger partial charge in [-0.15, -0.1) is 0 Å². The molecule has 1 N–H and O–H groups in total. The molecule has 0 aromatic heterocycles. The highest BCUT2D eigenvalue weighted by Crippen LogP contribution is 2.29. The minimum atomic E-state index is -1.38. The minimum Gasteiger partial charge on any atom is -0.381 e. The van der Waals surface area contributed by atoms with Crippen molar-refractivity contribution in [2.24, 2.45) is 0 Å². The van der Waals surface area contributed by atoms with Crippen LogP contribution < -0.4 is 10.9 Å². The van der Waals surface area contributed by atoms with E-state index in [0.29, 0.717) is 17.5 Å². The largest absolute Gasteiger partial charge is 0.381 e. The molecule has 0 aliphatic heterocycles. The Labute approximate surface area is 118 Å². The van der Waals surface area contributed by atoms with Crippen LogP contribution in [0, 0.1) is 0 Å². The Hall–Kier alpha value is -1.74. The van der Waals surface area contributed by atoms with Crippen LogP contribution in [0.5, 0.6) is 0 Å². The summed E-state index contributed by atoms with van der Waals surface area (Å²) in [5.74, 6) is 0. The highest BCUT2D eigenvalue weighted by molar-refractivity contribution is 5.44. The second-order valence-electron chi connectivity index (χ2n) is 5.41. The lowest BCUT2D eigenvalue weighted by Gasteiger charge is -2.27. The van der Waals surface area contributed by atoms with Crippen molar-refractivity contribution in [1.29, 1.82) is 0 Å². The molecular formula is C17H20O3. The van der Waals surface area contributed by atoms with Crippen molar-refractivity contribution >= 4 is 0 Å². The van der Waals surface area contributed by atoms with Gasteiger partial charge in [-0.3, -0.25) is 9.59 Å². The summed E-state index contributed by atoms with van der Waals surface area (Å²) < 4.78 is 0. The lowest BCUT2D eigenvalue weighted by molar-refractivity contribution is 0.0983. The first-order valence-corrected chi connectivity index (χ1v) is 7.10. The normalized spacial score (nSPS) is 14.3. The molecule has 2 rings (SSSR count). The summed E-state index contributed by atoms with van der Waals surface area (Å²) in [6.07, 6.45) is 3.53. The van der Waals surface area contributed by atoms with Crippen molar-refractivity contribution in [2.75, 3.05) is 0 Å². The van der Waals surface area contributed by atoms with Gasteiger partial charge in [0.1, 0.15) is 5.60 Å². The number of rotatable bonds is 6. The van der Waals surface area contributed by atoms with Gasteiger partial charge in [-0.05, 0) is 25.3 Å². The Bertz CT molecular complexity index is 646. The van der Waals surface area contributed by atoms with Gasteiger partial charge in [0.15, 0.2) is 0 Å². The van der Waals surface area contributed by atoms with Crippen molar-refractivity contribution in [3.63, 3.8) is 0 Å². The van der Waals surface area contributed by atoms with Crippen LogP contribution in [0.25, 0.3) is 0 Å². The fourth-order valence-corrected chi connectivity index (χ4v) is 2.65. The molecule has 0 bridgehead atoms. The van der Waals surface area contributed by atoms with E-state index < -0.39 is 16.5 Å².